The highest BCUT2D eigenvalue weighted by Crippen LogP contribution is 2.32. The third kappa shape index (κ3) is 4.15. The first-order valence-electron chi connectivity index (χ1n) is 10.4. The van der Waals surface area contributed by atoms with Crippen LogP contribution in [0.15, 0.2) is 24.5 Å². The number of rotatable bonds is 6. The second-order valence-corrected chi connectivity index (χ2v) is 10.2. The molecule has 0 amide bonds. The summed E-state index contributed by atoms with van der Waals surface area (Å²) in [5.41, 5.74) is 14.3. The summed E-state index contributed by atoms with van der Waals surface area (Å²) in [7, 11) is -1.63. The van der Waals surface area contributed by atoms with E-state index < -0.39 is 10.0 Å². The highest BCUT2D eigenvalue weighted by molar-refractivity contribution is 7.89. The number of hydrogen-bond donors (Lipinski definition) is 2. The van der Waals surface area contributed by atoms with Crippen molar-refractivity contribution in [2.24, 2.45) is 5.92 Å². The summed E-state index contributed by atoms with van der Waals surface area (Å²) in [5, 5.41) is 0. The molecular formula is C20H28N8O3S. The van der Waals surface area contributed by atoms with Gasteiger partial charge in [0.1, 0.15) is 12.1 Å². The molecule has 32 heavy (non-hydrogen) atoms. The minimum atomic E-state index is -3.23. The van der Waals surface area contributed by atoms with E-state index in [4.69, 9.17) is 16.2 Å². The predicted octanol–water partition coefficient (Wildman–Crippen LogP) is 1.10. The first kappa shape index (κ1) is 22.1. The van der Waals surface area contributed by atoms with Crippen LogP contribution in [0.2, 0.25) is 0 Å². The smallest absolute Gasteiger partial charge is 0.224 e. The predicted molar refractivity (Wildman–Crippen MR) is 124 cm³/mol. The summed E-state index contributed by atoms with van der Waals surface area (Å²) in [6.07, 6.45) is 1.60. The van der Waals surface area contributed by atoms with Gasteiger partial charge in [-0.15, -0.1) is 0 Å². The van der Waals surface area contributed by atoms with Crippen molar-refractivity contribution >= 4 is 38.6 Å². The van der Waals surface area contributed by atoms with E-state index in [2.05, 4.69) is 19.9 Å². The third-order valence-electron chi connectivity index (χ3n) is 5.40. The van der Waals surface area contributed by atoms with E-state index in [1.165, 1.54) is 0 Å². The number of methoxy groups -OCH3 is 1. The minimum Gasteiger partial charge on any atom is -0.494 e. The van der Waals surface area contributed by atoms with Crippen LogP contribution in [0.25, 0.3) is 16.9 Å². The summed E-state index contributed by atoms with van der Waals surface area (Å²) in [6, 6.07) is 5.80. The van der Waals surface area contributed by atoms with Crippen LogP contribution in [0.1, 0.15) is 13.8 Å². The summed E-state index contributed by atoms with van der Waals surface area (Å²) >= 11 is 0. The maximum Gasteiger partial charge on any atom is 0.224 e. The molecule has 1 fully saturated rings. The van der Waals surface area contributed by atoms with E-state index in [9.17, 15) is 8.42 Å². The van der Waals surface area contributed by atoms with Crippen LogP contribution >= 0.6 is 0 Å². The number of fused-ring (bicyclic) bond motifs is 1. The molecule has 0 bridgehead atoms. The van der Waals surface area contributed by atoms with E-state index >= 15 is 0 Å². The Labute approximate surface area is 187 Å². The van der Waals surface area contributed by atoms with Gasteiger partial charge in [-0.05, 0) is 18.1 Å². The van der Waals surface area contributed by atoms with Gasteiger partial charge in [0, 0.05) is 37.9 Å². The van der Waals surface area contributed by atoms with Gasteiger partial charge in [-0.2, -0.15) is 14.3 Å². The number of anilines is 3. The Morgan fingerprint density at radius 2 is 1.84 bits per heavy atom. The molecule has 4 N–H and O–H groups in total. The Hall–Kier alpha value is -3.12. The van der Waals surface area contributed by atoms with Gasteiger partial charge >= 0.3 is 0 Å². The molecule has 0 spiro atoms. The quantitative estimate of drug-likeness (QED) is 0.552. The lowest BCUT2D eigenvalue weighted by Crippen LogP contribution is -2.49. The highest BCUT2D eigenvalue weighted by atomic mass is 32.2. The number of ether oxygens (including phenoxy) is 1. The Balaban J connectivity index is 1.58. The van der Waals surface area contributed by atoms with Crippen LogP contribution in [-0.2, 0) is 10.0 Å². The van der Waals surface area contributed by atoms with Crippen LogP contribution in [0, 0.1) is 5.92 Å². The SMILES string of the molecule is COc1cc(N2CCN(S(=O)(=O)CC(C)C)CC2)ccc1-n1cnc2c(N)nc(N)nc21. The molecule has 0 radical (unpaired) electrons. The summed E-state index contributed by atoms with van der Waals surface area (Å²) in [5.74, 6) is 1.18. The van der Waals surface area contributed by atoms with E-state index in [0.29, 0.717) is 43.1 Å². The van der Waals surface area contributed by atoms with Crippen LogP contribution in [0.3, 0.4) is 0 Å². The zero-order valence-electron chi connectivity index (χ0n) is 18.4. The molecule has 2 aromatic heterocycles. The molecule has 1 aromatic carbocycles. The van der Waals surface area contributed by atoms with Gasteiger partial charge in [-0.3, -0.25) is 4.57 Å². The van der Waals surface area contributed by atoms with E-state index in [-0.39, 0.29) is 23.4 Å². The maximum absolute atomic E-state index is 12.5. The zero-order valence-corrected chi connectivity index (χ0v) is 19.2. The monoisotopic (exact) mass is 460 g/mol. The van der Waals surface area contributed by atoms with Gasteiger partial charge in [0.05, 0.1) is 18.6 Å². The van der Waals surface area contributed by atoms with Crippen molar-refractivity contribution in [3.63, 3.8) is 0 Å². The number of nitrogens with two attached hydrogens (primary N) is 2. The third-order valence-corrected chi connectivity index (χ3v) is 7.64. The van der Waals surface area contributed by atoms with Gasteiger partial charge in [-0.25, -0.2) is 13.4 Å². The number of imidazole rings is 1. The first-order valence-corrected chi connectivity index (χ1v) is 12.0. The normalized spacial score (nSPS) is 15.6. The van der Waals surface area contributed by atoms with Crippen molar-refractivity contribution in [1.82, 2.24) is 23.8 Å². The maximum atomic E-state index is 12.5. The van der Waals surface area contributed by atoms with Crippen molar-refractivity contribution in [3.8, 4) is 11.4 Å². The fourth-order valence-electron chi connectivity index (χ4n) is 3.93. The van der Waals surface area contributed by atoms with E-state index in [1.807, 2.05) is 32.0 Å². The van der Waals surface area contributed by atoms with Gasteiger partial charge < -0.3 is 21.1 Å². The average molecular weight is 461 g/mol. The number of sulfonamides is 1. The van der Waals surface area contributed by atoms with Crippen LogP contribution in [0.5, 0.6) is 5.75 Å². The van der Waals surface area contributed by atoms with Crippen molar-refractivity contribution in [2.45, 2.75) is 13.8 Å². The average Bonchev–Trinajstić information content (AvgIpc) is 3.16. The highest BCUT2D eigenvalue weighted by Gasteiger charge is 2.28. The zero-order chi connectivity index (χ0) is 23.0. The molecule has 0 atom stereocenters. The molecule has 1 aliphatic heterocycles. The molecule has 1 saturated heterocycles. The second kappa shape index (κ2) is 8.43. The molecule has 172 valence electrons. The molecule has 1 aliphatic rings. The van der Waals surface area contributed by atoms with Crippen molar-refractivity contribution in [2.75, 3.05) is 55.4 Å². The summed E-state index contributed by atoms with van der Waals surface area (Å²) in [6.45, 7) is 5.96. The molecule has 3 aromatic rings. The second-order valence-electron chi connectivity index (χ2n) is 8.17. The topological polar surface area (TPSA) is 145 Å². The lowest BCUT2D eigenvalue weighted by Gasteiger charge is -2.36. The van der Waals surface area contributed by atoms with Crippen molar-refractivity contribution < 1.29 is 13.2 Å². The van der Waals surface area contributed by atoms with Gasteiger partial charge in [0.15, 0.2) is 17.0 Å². The molecule has 11 nitrogen and oxygen atoms in total. The van der Waals surface area contributed by atoms with Crippen molar-refractivity contribution in [1.29, 1.82) is 0 Å². The van der Waals surface area contributed by atoms with E-state index in [1.54, 1.807) is 22.3 Å². The molecule has 12 heteroatoms. The number of nitrogens with zero attached hydrogens (tertiary/aromatic N) is 6. The Bertz CT molecular complexity index is 1230. The molecule has 0 saturated carbocycles. The van der Waals surface area contributed by atoms with Crippen LogP contribution in [-0.4, -0.2) is 71.3 Å². The lowest BCUT2D eigenvalue weighted by molar-refractivity contribution is 0.381. The molecular weight excluding hydrogens is 432 g/mol. The molecule has 3 heterocycles. The molecule has 0 unspecified atom stereocenters. The number of hydrogen-bond acceptors (Lipinski definition) is 9. The van der Waals surface area contributed by atoms with Gasteiger partial charge in [-0.1, -0.05) is 13.8 Å². The lowest BCUT2D eigenvalue weighted by atomic mass is 10.2. The fraction of sp³-hybridized carbons (Fsp3) is 0.450. The number of nitrogen functional groups attached to an aromatic ring is 2. The minimum absolute atomic E-state index is 0.0672. The molecule has 4 rings (SSSR count). The molecule has 0 aliphatic carbocycles. The van der Waals surface area contributed by atoms with Crippen LogP contribution in [0.4, 0.5) is 17.5 Å². The fourth-order valence-corrected chi connectivity index (χ4v) is 5.70. The van der Waals surface area contributed by atoms with E-state index in [0.717, 1.165) is 11.4 Å². The Morgan fingerprint density at radius 1 is 1.12 bits per heavy atom. The summed E-state index contributed by atoms with van der Waals surface area (Å²) < 4.78 is 34.0. The van der Waals surface area contributed by atoms with Crippen LogP contribution < -0.4 is 21.1 Å². The van der Waals surface area contributed by atoms with Crippen molar-refractivity contribution in [3.05, 3.63) is 24.5 Å². The Kier molecular flexibility index (Phi) is 5.82. The number of benzene rings is 1. The number of aromatic nitrogens is 4. The standard InChI is InChI=1S/C20H28N8O3S/c1-13(2)11-32(29,30)27-8-6-26(7-9-27)14-4-5-15(16(10-14)31-3)28-12-23-17-18(21)24-20(22)25-19(17)28/h4-5,10,12-13H,6-9,11H2,1-3H3,(H4,21,22,24,25). The number of piperazine rings is 1. The largest absolute Gasteiger partial charge is 0.494 e. The first-order chi connectivity index (χ1) is 15.2. The summed E-state index contributed by atoms with van der Waals surface area (Å²) in [4.78, 5) is 14.7. The Morgan fingerprint density at radius 3 is 2.50 bits per heavy atom. The van der Waals surface area contributed by atoms with Gasteiger partial charge in [0.25, 0.3) is 0 Å². The van der Waals surface area contributed by atoms with Gasteiger partial charge in [0.2, 0.25) is 16.0 Å².